The van der Waals surface area contributed by atoms with Gasteiger partial charge < -0.3 is 14.8 Å². The van der Waals surface area contributed by atoms with Crippen LogP contribution in [0.5, 0.6) is 11.5 Å². The second-order valence-corrected chi connectivity index (χ2v) is 8.78. The number of ether oxygens (including phenoxy) is 2. The number of anilines is 2. The molecule has 0 atom stereocenters. The Kier molecular flexibility index (Phi) is 6.50. The van der Waals surface area contributed by atoms with Gasteiger partial charge in [0.15, 0.2) is 11.5 Å². The summed E-state index contributed by atoms with van der Waals surface area (Å²) in [5.41, 5.74) is 2.10. The minimum atomic E-state index is -3.70. The fourth-order valence-corrected chi connectivity index (χ4v) is 4.43. The number of amides is 1. The Morgan fingerprint density at radius 3 is 2.19 bits per heavy atom. The van der Waals surface area contributed by atoms with E-state index in [1.807, 2.05) is 0 Å². The van der Waals surface area contributed by atoms with Crippen LogP contribution in [0, 0.1) is 6.92 Å². The van der Waals surface area contributed by atoms with Gasteiger partial charge in [-0.1, -0.05) is 18.2 Å². The molecule has 0 aliphatic heterocycles. The van der Waals surface area contributed by atoms with Crippen molar-refractivity contribution in [2.75, 3.05) is 30.9 Å². The zero-order chi connectivity index (χ0) is 22.6. The number of nitrogens with one attached hydrogen (secondary N) is 1. The van der Waals surface area contributed by atoms with E-state index in [1.54, 1.807) is 73.7 Å². The summed E-state index contributed by atoms with van der Waals surface area (Å²) in [5, 5.41) is 2.81. The van der Waals surface area contributed by atoms with E-state index in [2.05, 4.69) is 5.32 Å². The van der Waals surface area contributed by atoms with E-state index in [1.165, 1.54) is 25.6 Å². The molecular weight excluding hydrogens is 416 g/mol. The zero-order valence-electron chi connectivity index (χ0n) is 17.7. The van der Waals surface area contributed by atoms with Gasteiger partial charge >= 0.3 is 0 Å². The van der Waals surface area contributed by atoms with Crippen molar-refractivity contribution < 1.29 is 22.7 Å². The van der Waals surface area contributed by atoms with E-state index in [0.29, 0.717) is 34.0 Å². The van der Waals surface area contributed by atoms with E-state index >= 15 is 0 Å². The second-order valence-electron chi connectivity index (χ2n) is 6.81. The molecule has 0 aliphatic rings. The maximum Gasteiger partial charge on any atom is 0.264 e. The SMILES string of the molecule is COc1ccc(NC(=O)c2ccc(N(C)S(=O)(=O)c3ccccc3)c(C)c2)cc1OC. The minimum Gasteiger partial charge on any atom is -0.493 e. The zero-order valence-corrected chi connectivity index (χ0v) is 18.6. The molecule has 0 spiro atoms. The molecule has 162 valence electrons. The highest BCUT2D eigenvalue weighted by Crippen LogP contribution is 2.30. The van der Waals surface area contributed by atoms with Crippen LogP contribution in [0.3, 0.4) is 0 Å². The van der Waals surface area contributed by atoms with Gasteiger partial charge in [-0.05, 0) is 55.0 Å². The van der Waals surface area contributed by atoms with Crippen molar-refractivity contribution in [2.45, 2.75) is 11.8 Å². The average Bonchev–Trinajstić information content (AvgIpc) is 2.78. The van der Waals surface area contributed by atoms with Crippen LogP contribution in [0.1, 0.15) is 15.9 Å². The first-order valence-corrected chi connectivity index (χ1v) is 10.9. The second kappa shape index (κ2) is 9.09. The van der Waals surface area contributed by atoms with Crippen LogP contribution in [-0.2, 0) is 10.0 Å². The van der Waals surface area contributed by atoms with Crippen LogP contribution >= 0.6 is 0 Å². The molecule has 0 fully saturated rings. The molecular formula is C23H24N2O5S. The third-order valence-corrected chi connectivity index (χ3v) is 6.63. The Balaban J connectivity index is 1.83. The van der Waals surface area contributed by atoms with Crippen LogP contribution in [0.2, 0.25) is 0 Å². The number of carbonyl (C=O) groups is 1. The summed E-state index contributed by atoms with van der Waals surface area (Å²) in [7, 11) is 0.847. The van der Waals surface area contributed by atoms with Gasteiger partial charge in [-0.25, -0.2) is 8.42 Å². The molecule has 1 amide bonds. The van der Waals surface area contributed by atoms with Crippen molar-refractivity contribution in [1.29, 1.82) is 0 Å². The Morgan fingerprint density at radius 2 is 1.58 bits per heavy atom. The number of sulfonamides is 1. The van der Waals surface area contributed by atoms with E-state index < -0.39 is 10.0 Å². The Labute approximate surface area is 182 Å². The summed E-state index contributed by atoms with van der Waals surface area (Å²) >= 11 is 0. The molecule has 0 radical (unpaired) electrons. The topological polar surface area (TPSA) is 84.9 Å². The summed E-state index contributed by atoms with van der Waals surface area (Å²) < 4.78 is 37.4. The molecule has 0 saturated carbocycles. The predicted molar refractivity (Wildman–Crippen MR) is 121 cm³/mol. The lowest BCUT2D eigenvalue weighted by molar-refractivity contribution is 0.102. The highest BCUT2D eigenvalue weighted by molar-refractivity contribution is 7.92. The predicted octanol–water partition coefficient (Wildman–Crippen LogP) is 4.09. The van der Waals surface area contributed by atoms with Gasteiger partial charge in [-0.2, -0.15) is 0 Å². The molecule has 0 bridgehead atoms. The lowest BCUT2D eigenvalue weighted by atomic mass is 10.1. The quantitative estimate of drug-likeness (QED) is 0.598. The number of aryl methyl sites for hydroxylation is 1. The van der Waals surface area contributed by atoms with Crippen molar-refractivity contribution in [3.63, 3.8) is 0 Å². The fraction of sp³-hybridized carbons (Fsp3) is 0.174. The van der Waals surface area contributed by atoms with E-state index in [-0.39, 0.29) is 10.8 Å². The highest BCUT2D eigenvalue weighted by Gasteiger charge is 2.22. The summed E-state index contributed by atoms with van der Waals surface area (Å²) in [5.74, 6) is 0.735. The molecule has 7 nitrogen and oxygen atoms in total. The first kappa shape index (κ1) is 22.2. The number of rotatable bonds is 7. The minimum absolute atomic E-state index is 0.201. The van der Waals surface area contributed by atoms with Gasteiger partial charge in [0, 0.05) is 24.4 Å². The van der Waals surface area contributed by atoms with Crippen molar-refractivity contribution in [1.82, 2.24) is 0 Å². The van der Waals surface area contributed by atoms with Crippen molar-refractivity contribution in [3.05, 3.63) is 77.9 Å². The monoisotopic (exact) mass is 440 g/mol. The number of carbonyl (C=O) groups excluding carboxylic acids is 1. The van der Waals surface area contributed by atoms with Gasteiger partial charge in [0.05, 0.1) is 24.8 Å². The van der Waals surface area contributed by atoms with Gasteiger partial charge in [-0.3, -0.25) is 9.10 Å². The number of hydrogen-bond donors (Lipinski definition) is 1. The normalized spacial score (nSPS) is 11.0. The van der Waals surface area contributed by atoms with E-state index in [4.69, 9.17) is 9.47 Å². The molecule has 0 saturated heterocycles. The van der Waals surface area contributed by atoms with Crippen LogP contribution in [0.15, 0.2) is 71.6 Å². The van der Waals surface area contributed by atoms with Crippen LogP contribution in [-0.4, -0.2) is 35.6 Å². The largest absolute Gasteiger partial charge is 0.493 e. The van der Waals surface area contributed by atoms with Crippen LogP contribution < -0.4 is 19.1 Å². The Bertz CT molecular complexity index is 1190. The molecule has 0 aliphatic carbocycles. The molecule has 3 rings (SSSR count). The third-order valence-electron chi connectivity index (χ3n) is 4.84. The fourth-order valence-electron chi connectivity index (χ4n) is 3.15. The first-order valence-electron chi connectivity index (χ1n) is 9.46. The van der Waals surface area contributed by atoms with Crippen molar-refractivity contribution in [3.8, 4) is 11.5 Å². The molecule has 31 heavy (non-hydrogen) atoms. The molecule has 8 heteroatoms. The number of nitrogens with zero attached hydrogens (tertiary/aromatic N) is 1. The van der Waals surface area contributed by atoms with E-state index in [0.717, 1.165) is 0 Å². The van der Waals surface area contributed by atoms with Crippen LogP contribution in [0.25, 0.3) is 0 Å². The summed E-state index contributed by atoms with van der Waals surface area (Å²) in [6.45, 7) is 1.76. The molecule has 0 unspecified atom stereocenters. The maximum atomic E-state index is 12.9. The number of benzene rings is 3. The van der Waals surface area contributed by atoms with Gasteiger partial charge in [-0.15, -0.1) is 0 Å². The molecule has 0 aromatic heterocycles. The number of methoxy groups -OCH3 is 2. The molecule has 3 aromatic rings. The van der Waals surface area contributed by atoms with Crippen molar-refractivity contribution in [2.24, 2.45) is 0 Å². The molecule has 1 N–H and O–H groups in total. The summed E-state index contributed by atoms with van der Waals surface area (Å²) in [6, 6.07) is 18.2. The Morgan fingerprint density at radius 1 is 0.903 bits per heavy atom. The van der Waals surface area contributed by atoms with Crippen LogP contribution in [0.4, 0.5) is 11.4 Å². The lowest BCUT2D eigenvalue weighted by Gasteiger charge is -2.22. The molecule has 3 aromatic carbocycles. The third kappa shape index (κ3) is 4.64. The van der Waals surface area contributed by atoms with Gasteiger partial charge in [0.25, 0.3) is 15.9 Å². The van der Waals surface area contributed by atoms with Crippen molar-refractivity contribution >= 4 is 27.3 Å². The lowest BCUT2D eigenvalue weighted by Crippen LogP contribution is -2.27. The maximum absolute atomic E-state index is 12.9. The highest BCUT2D eigenvalue weighted by atomic mass is 32.2. The molecule has 0 heterocycles. The standard InChI is InChI=1S/C23H24N2O5S/c1-16-14-17(23(26)24-18-11-13-21(29-3)22(15-18)30-4)10-12-20(16)25(2)31(27,28)19-8-6-5-7-9-19/h5-15H,1-4H3,(H,24,26). The Hall–Kier alpha value is -3.52. The first-order chi connectivity index (χ1) is 14.8. The summed E-state index contributed by atoms with van der Waals surface area (Å²) in [6.07, 6.45) is 0. The summed E-state index contributed by atoms with van der Waals surface area (Å²) in [4.78, 5) is 12.9. The average molecular weight is 441 g/mol. The van der Waals surface area contributed by atoms with Gasteiger partial charge in [0.1, 0.15) is 0 Å². The smallest absolute Gasteiger partial charge is 0.264 e. The van der Waals surface area contributed by atoms with Gasteiger partial charge in [0.2, 0.25) is 0 Å². The number of hydrogen-bond acceptors (Lipinski definition) is 5. The van der Waals surface area contributed by atoms with E-state index in [9.17, 15) is 13.2 Å².